The second-order valence-electron chi connectivity index (χ2n) is 5.52. The third-order valence-electron chi connectivity index (χ3n) is 4.32. The molecule has 2 aliphatic rings. The predicted molar refractivity (Wildman–Crippen MR) is 74.6 cm³/mol. The number of fused-ring (bicyclic) bond motifs is 1. The van der Waals surface area contributed by atoms with Crippen LogP contribution in [0.25, 0.3) is 0 Å². The lowest BCUT2D eigenvalue weighted by Crippen LogP contribution is -2.33. The average Bonchev–Trinajstić information content (AvgIpc) is 2.92. The molecule has 5 nitrogen and oxygen atoms in total. The van der Waals surface area contributed by atoms with Crippen LogP contribution in [0.1, 0.15) is 19.7 Å². The zero-order chi connectivity index (χ0) is 13.4. The molecule has 1 aromatic heterocycles. The normalized spacial score (nSPS) is 29.6. The molecule has 2 fully saturated rings. The van der Waals surface area contributed by atoms with Crippen molar-refractivity contribution in [2.75, 3.05) is 31.1 Å². The molecule has 3 unspecified atom stereocenters. The minimum Gasteiger partial charge on any atom is -0.478 e. The first-order chi connectivity index (χ1) is 9.19. The van der Waals surface area contributed by atoms with Crippen LogP contribution < -0.4 is 15.0 Å². The van der Waals surface area contributed by atoms with Gasteiger partial charge < -0.3 is 15.0 Å². The Morgan fingerprint density at radius 3 is 3.00 bits per heavy atom. The molecule has 0 saturated carbocycles. The van der Waals surface area contributed by atoms with Crippen LogP contribution in [-0.4, -0.2) is 42.3 Å². The van der Waals surface area contributed by atoms with Gasteiger partial charge in [-0.15, -0.1) is 0 Å². The Labute approximate surface area is 114 Å². The van der Waals surface area contributed by atoms with Crippen LogP contribution in [0.15, 0.2) is 6.07 Å². The topological polar surface area (TPSA) is 50.3 Å². The summed E-state index contributed by atoms with van der Waals surface area (Å²) in [5.41, 5.74) is 0. The molecule has 1 aromatic rings. The summed E-state index contributed by atoms with van der Waals surface area (Å²) >= 11 is 0. The van der Waals surface area contributed by atoms with Crippen molar-refractivity contribution in [3.63, 3.8) is 0 Å². The first-order valence-corrected chi connectivity index (χ1v) is 7.15. The van der Waals surface area contributed by atoms with Crippen molar-refractivity contribution < 1.29 is 4.74 Å². The molecule has 0 amide bonds. The molecule has 104 valence electrons. The zero-order valence-corrected chi connectivity index (χ0v) is 11.9. The first-order valence-electron chi connectivity index (χ1n) is 7.15. The van der Waals surface area contributed by atoms with Gasteiger partial charge >= 0.3 is 0 Å². The summed E-state index contributed by atoms with van der Waals surface area (Å²) in [4.78, 5) is 11.3. The van der Waals surface area contributed by atoms with Crippen molar-refractivity contribution in [2.24, 2.45) is 11.8 Å². The van der Waals surface area contributed by atoms with Crippen LogP contribution in [0.2, 0.25) is 0 Å². The van der Waals surface area contributed by atoms with Gasteiger partial charge in [0.25, 0.3) is 0 Å². The Morgan fingerprint density at radius 1 is 1.42 bits per heavy atom. The van der Waals surface area contributed by atoms with Crippen LogP contribution in [0.3, 0.4) is 0 Å². The van der Waals surface area contributed by atoms with Gasteiger partial charge in [-0.3, -0.25) is 0 Å². The molecular weight excluding hydrogens is 240 g/mol. The Bertz CT molecular complexity index is 465. The molecule has 3 atom stereocenters. The first kappa shape index (κ1) is 12.7. The van der Waals surface area contributed by atoms with Crippen molar-refractivity contribution in [1.29, 1.82) is 0 Å². The van der Waals surface area contributed by atoms with Gasteiger partial charge in [0.05, 0.1) is 6.61 Å². The Balaban J connectivity index is 1.86. The fourth-order valence-corrected chi connectivity index (χ4v) is 3.36. The van der Waals surface area contributed by atoms with Gasteiger partial charge in [-0.05, 0) is 32.6 Å². The van der Waals surface area contributed by atoms with E-state index in [4.69, 9.17) is 4.74 Å². The molecular formula is C14H22N4O. The number of aromatic nitrogens is 2. The predicted octanol–water partition coefficient (Wildman–Crippen LogP) is 1.23. The Kier molecular flexibility index (Phi) is 3.31. The molecule has 0 aromatic carbocycles. The fraction of sp³-hybridized carbons (Fsp3) is 0.714. The van der Waals surface area contributed by atoms with Crippen LogP contribution in [-0.2, 0) is 0 Å². The standard InChI is InChI=1S/C14H22N4O/c1-4-19-14-5-13(16-10(3)17-14)18-8-11-6-15-7-12(11)9(18)2/h5,9,11-12,15H,4,6-8H2,1-3H3. The number of nitrogens with one attached hydrogen (secondary N) is 1. The van der Waals surface area contributed by atoms with Gasteiger partial charge in [-0.2, -0.15) is 4.98 Å². The van der Waals surface area contributed by atoms with E-state index in [1.165, 1.54) is 0 Å². The summed E-state index contributed by atoms with van der Waals surface area (Å²) in [6.07, 6.45) is 0. The van der Waals surface area contributed by atoms with Crippen molar-refractivity contribution >= 4 is 5.82 Å². The monoisotopic (exact) mass is 262 g/mol. The van der Waals surface area contributed by atoms with E-state index >= 15 is 0 Å². The summed E-state index contributed by atoms with van der Waals surface area (Å²) < 4.78 is 5.53. The Hall–Kier alpha value is -1.36. The third-order valence-corrected chi connectivity index (χ3v) is 4.32. The van der Waals surface area contributed by atoms with E-state index in [1.807, 2.05) is 19.9 Å². The van der Waals surface area contributed by atoms with Gasteiger partial charge in [0.15, 0.2) is 0 Å². The van der Waals surface area contributed by atoms with Gasteiger partial charge in [0.1, 0.15) is 11.6 Å². The van der Waals surface area contributed by atoms with E-state index in [0.717, 1.165) is 43.1 Å². The average molecular weight is 262 g/mol. The summed E-state index contributed by atoms with van der Waals surface area (Å²) in [6, 6.07) is 2.50. The second kappa shape index (κ2) is 4.96. The van der Waals surface area contributed by atoms with E-state index in [2.05, 4.69) is 27.1 Å². The molecule has 5 heteroatoms. The fourth-order valence-electron chi connectivity index (χ4n) is 3.36. The lowest BCUT2D eigenvalue weighted by Gasteiger charge is -2.26. The summed E-state index contributed by atoms with van der Waals surface area (Å²) in [6.45, 7) is 10.2. The highest BCUT2D eigenvalue weighted by Gasteiger charge is 2.42. The largest absolute Gasteiger partial charge is 0.478 e. The summed E-state index contributed by atoms with van der Waals surface area (Å²) in [5.74, 6) is 3.97. The van der Waals surface area contributed by atoms with Crippen molar-refractivity contribution in [3.8, 4) is 5.88 Å². The van der Waals surface area contributed by atoms with Crippen molar-refractivity contribution in [2.45, 2.75) is 26.8 Å². The maximum Gasteiger partial charge on any atom is 0.218 e. The van der Waals surface area contributed by atoms with E-state index < -0.39 is 0 Å². The van der Waals surface area contributed by atoms with Crippen LogP contribution >= 0.6 is 0 Å². The molecule has 2 aliphatic heterocycles. The van der Waals surface area contributed by atoms with Crippen LogP contribution in [0.4, 0.5) is 5.82 Å². The molecule has 0 aliphatic carbocycles. The lowest BCUT2D eigenvalue weighted by atomic mass is 9.95. The highest BCUT2D eigenvalue weighted by atomic mass is 16.5. The number of anilines is 1. The van der Waals surface area contributed by atoms with Gasteiger partial charge in [-0.1, -0.05) is 0 Å². The number of rotatable bonds is 3. The molecule has 0 spiro atoms. The van der Waals surface area contributed by atoms with Crippen LogP contribution in [0, 0.1) is 18.8 Å². The second-order valence-corrected chi connectivity index (χ2v) is 5.52. The number of hydrogen-bond acceptors (Lipinski definition) is 5. The molecule has 0 bridgehead atoms. The zero-order valence-electron chi connectivity index (χ0n) is 11.9. The number of ether oxygens (including phenoxy) is 1. The maximum absolute atomic E-state index is 5.53. The quantitative estimate of drug-likeness (QED) is 0.888. The number of hydrogen-bond donors (Lipinski definition) is 1. The third kappa shape index (κ3) is 2.27. The molecule has 3 heterocycles. The lowest BCUT2D eigenvalue weighted by molar-refractivity contribution is 0.325. The number of aryl methyl sites for hydroxylation is 1. The maximum atomic E-state index is 5.53. The Morgan fingerprint density at radius 2 is 2.26 bits per heavy atom. The summed E-state index contributed by atoms with van der Waals surface area (Å²) in [5, 5.41) is 3.49. The van der Waals surface area contributed by atoms with E-state index in [-0.39, 0.29) is 0 Å². The van der Waals surface area contributed by atoms with Crippen LogP contribution in [0.5, 0.6) is 5.88 Å². The molecule has 3 rings (SSSR count). The summed E-state index contributed by atoms with van der Waals surface area (Å²) in [7, 11) is 0. The van der Waals surface area contributed by atoms with E-state index in [9.17, 15) is 0 Å². The molecule has 0 radical (unpaired) electrons. The van der Waals surface area contributed by atoms with E-state index in [0.29, 0.717) is 18.5 Å². The minimum atomic E-state index is 0.531. The van der Waals surface area contributed by atoms with Crippen molar-refractivity contribution in [1.82, 2.24) is 15.3 Å². The minimum absolute atomic E-state index is 0.531. The molecule has 1 N–H and O–H groups in total. The highest BCUT2D eigenvalue weighted by Crippen LogP contribution is 2.35. The highest BCUT2D eigenvalue weighted by molar-refractivity contribution is 5.45. The van der Waals surface area contributed by atoms with E-state index in [1.54, 1.807) is 0 Å². The van der Waals surface area contributed by atoms with Gasteiger partial charge in [0, 0.05) is 31.7 Å². The SMILES string of the molecule is CCOc1cc(N2CC3CNCC3C2C)nc(C)n1. The van der Waals surface area contributed by atoms with Gasteiger partial charge in [0.2, 0.25) is 5.88 Å². The van der Waals surface area contributed by atoms with Gasteiger partial charge in [-0.25, -0.2) is 4.98 Å². The smallest absolute Gasteiger partial charge is 0.218 e. The molecule has 2 saturated heterocycles. The number of nitrogens with zero attached hydrogens (tertiary/aromatic N) is 3. The molecule has 19 heavy (non-hydrogen) atoms. The van der Waals surface area contributed by atoms with Crippen molar-refractivity contribution in [3.05, 3.63) is 11.9 Å².